The summed E-state index contributed by atoms with van der Waals surface area (Å²) in [6.45, 7) is 2.19. The number of nitrogens with one attached hydrogen (secondary N) is 1. The summed E-state index contributed by atoms with van der Waals surface area (Å²) in [5.41, 5.74) is 1.73. The standard InChI is InChI=1S/C15H16ClNO3/c1-10-7-8-20-14(10)15(18)17-13(9-19-2)11-3-5-12(16)6-4-11/h3-8,13H,9H2,1-2H3,(H,17,18)/t13-/m0/s1. The van der Waals surface area contributed by atoms with Crippen LogP contribution in [0.1, 0.15) is 27.7 Å². The second-order valence-corrected chi connectivity index (χ2v) is 4.90. The van der Waals surface area contributed by atoms with Crippen molar-refractivity contribution in [3.8, 4) is 0 Å². The lowest BCUT2D eigenvalue weighted by Crippen LogP contribution is -2.31. The van der Waals surface area contributed by atoms with Crippen LogP contribution in [0.25, 0.3) is 0 Å². The van der Waals surface area contributed by atoms with Gasteiger partial charge >= 0.3 is 0 Å². The van der Waals surface area contributed by atoms with Gasteiger partial charge in [-0.1, -0.05) is 23.7 Å². The second kappa shape index (κ2) is 6.59. The van der Waals surface area contributed by atoms with Gasteiger partial charge < -0.3 is 14.5 Å². The summed E-state index contributed by atoms with van der Waals surface area (Å²) >= 11 is 5.87. The number of hydrogen-bond donors (Lipinski definition) is 1. The first-order valence-corrected chi connectivity index (χ1v) is 6.59. The molecule has 0 saturated carbocycles. The Hall–Kier alpha value is -1.78. The van der Waals surface area contributed by atoms with Crippen molar-refractivity contribution in [1.82, 2.24) is 5.32 Å². The van der Waals surface area contributed by atoms with Gasteiger partial charge in [-0.15, -0.1) is 0 Å². The van der Waals surface area contributed by atoms with E-state index >= 15 is 0 Å². The van der Waals surface area contributed by atoms with Crippen LogP contribution >= 0.6 is 11.6 Å². The van der Waals surface area contributed by atoms with Crippen molar-refractivity contribution in [2.45, 2.75) is 13.0 Å². The number of rotatable bonds is 5. The van der Waals surface area contributed by atoms with E-state index in [0.717, 1.165) is 11.1 Å². The summed E-state index contributed by atoms with van der Waals surface area (Å²) < 4.78 is 10.3. The van der Waals surface area contributed by atoms with Crippen LogP contribution in [-0.2, 0) is 4.74 Å². The van der Waals surface area contributed by atoms with Crippen molar-refractivity contribution in [3.63, 3.8) is 0 Å². The van der Waals surface area contributed by atoms with E-state index in [0.29, 0.717) is 17.4 Å². The molecular weight excluding hydrogens is 278 g/mol. The number of hydrogen-bond acceptors (Lipinski definition) is 3. The number of furan rings is 1. The number of amides is 1. The van der Waals surface area contributed by atoms with Crippen molar-refractivity contribution in [1.29, 1.82) is 0 Å². The quantitative estimate of drug-likeness (QED) is 0.919. The SMILES string of the molecule is COC[C@H](NC(=O)c1occc1C)c1ccc(Cl)cc1. The molecule has 0 unspecified atom stereocenters. The molecule has 0 saturated heterocycles. The van der Waals surface area contributed by atoms with E-state index in [1.54, 1.807) is 25.3 Å². The predicted octanol–water partition coefficient (Wildman–Crippen LogP) is 3.36. The molecule has 1 N–H and O–H groups in total. The van der Waals surface area contributed by atoms with Crippen molar-refractivity contribution in [3.05, 3.63) is 58.5 Å². The van der Waals surface area contributed by atoms with E-state index in [1.807, 2.05) is 19.1 Å². The van der Waals surface area contributed by atoms with E-state index in [2.05, 4.69) is 5.32 Å². The Kier molecular flexibility index (Phi) is 4.82. The first-order chi connectivity index (χ1) is 9.61. The summed E-state index contributed by atoms with van der Waals surface area (Å²) in [6, 6.07) is 8.79. The highest BCUT2D eigenvalue weighted by Crippen LogP contribution is 2.18. The molecule has 0 spiro atoms. The van der Waals surface area contributed by atoms with Gasteiger partial charge in [0, 0.05) is 17.7 Å². The van der Waals surface area contributed by atoms with E-state index in [4.69, 9.17) is 20.8 Å². The maximum atomic E-state index is 12.2. The minimum Gasteiger partial charge on any atom is -0.459 e. The molecule has 20 heavy (non-hydrogen) atoms. The Morgan fingerprint density at radius 1 is 1.35 bits per heavy atom. The topological polar surface area (TPSA) is 51.5 Å². The molecule has 2 rings (SSSR count). The Bertz CT molecular complexity index is 577. The Morgan fingerprint density at radius 3 is 2.60 bits per heavy atom. The minimum absolute atomic E-state index is 0.255. The van der Waals surface area contributed by atoms with Crippen molar-refractivity contribution >= 4 is 17.5 Å². The van der Waals surface area contributed by atoms with Crippen LogP contribution in [0.5, 0.6) is 0 Å². The lowest BCUT2D eigenvalue weighted by atomic mass is 10.1. The molecular formula is C15H16ClNO3. The molecule has 1 heterocycles. The van der Waals surface area contributed by atoms with E-state index < -0.39 is 0 Å². The molecule has 1 atom stereocenters. The lowest BCUT2D eigenvalue weighted by Gasteiger charge is -2.18. The molecule has 0 aliphatic rings. The van der Waals surface area contributed by atoms with Crippen LogP contribution in [0.3, 0.4) is 0 Å². The summed E-state index contributed by atoms with van der Waals surface area (Å²) in [7, 11) is 1.59. The zero-order valence-corrected chi connectivity index (χ0v) is 12.1. The fourth-order valence-electron chi connectivity index (χ4n) is 1.91. The molecule has 1 aromatic carbocycles. The molecule has 0 aliphatic carbocycles. The van der Waals surface area contributed by atoms with Gasteiger partial charge in [0.25, 0.3) is 5.91 Å². The van der Waals surface area contributed by atoms with E-state index in [1.165, 1.54) is 6.26 Å². The monoisotopic (exact) mass is 293 g/mol. The fourth-order valence-corrected chi connectivity index (χ4v) is 2.04. The van der Waals surface area contributed by atoms with Crippen LogP contribution in [0, 0.1) is 6.92 Å². The van der Waals surface area contributed by atoms with E-state index in [9.17, 15) is 4.79 Å². The van der Waals surface area contributed by atoms with Gasteiger partial charge in [-0.05, 0) is 30.7 Å². The highest BCUT2D eigenvalue weighted by Gasteiger charge is 2.19. The summed E-state index contributed by atoms with van der Waals surface area (Å²) in [6.07, 6.45) is 1.50. The maximum Gasteiger partial charge on any atom is 0.287 e. The summed E-state index contributed by atoms with van der Waals surface area (Å²) in [5.74, 6) is 0.0598. The van der Waals surface area contributed by atoms with Gasteiger partial charge in [0.15, 0.2) is 5.76 Å². The van der Waals surface area contributed by atoms with Crippen LogP contribution in [-0.4, -0.2) is 19.6 Å². The predicted molar refractivity (Wildman–Crippen MR) is 77.0 cm³/mol. The van der Waals surface area contributed by atoms with Gasteiger partial charge in [0.05, 0.1) is 18.9 Å². The summed E-state index contributed by atoms with van der Waals surface area (Å²) in [5, 5.41) is 3.55. The van der Waals surface area contributed by atoms with Crippen LogP contribution in [0.15, 0.2) is 41.0 Å². The molecule has 1 amide bonds. The zero-order chi connectivity index (χ0) is 14.5. The zero-order valence-electron chi connectivity index (χ0n) is 11.4. The number of carbonyl (C=O) groups excluding carboxylic acids is 1. The smallest absolute Gasteiger partial charge is 0.287 e. The number of aryl methyl sites for hydroxylation is 1. The molecule has 5 heteroatoms. The number of carbonyl (C=O) groups is 1. The lowest BCUT2D eigenvalue weighted by molar-refractivity contribution is 0.0868. The third-order valence-electron chi connectivity index (χ3n) is 2.98. The largest absolute Gasteiger partial charge is 0.459 e. The number of benzene rings is 1. The van der Waals surface area contributed by atoms with Crippen LogP contribution in [0.2, 0.25) is 5.02 Å². The summed E-state index contributed by atoms with van der Waals surface area (Å²) in [4.78, 5) is 12.2. The van der Waals surface area contributed by atoms with Crippen LogP contribution in [0.4, 0.5) is 0 Å². The third kappa shape index (κ3) is 3.40. The second-order valence-electron chi connectivity index (χ2n) is 4.47. The molecule has 0 bridgehead atoms. The first-order valence-electron chi connectivity index (χ1n) is 6.21. The normalized spacial score (nSPS) is 12.2. The van der Waals surface area contributed by atoms with Gasteiger partial charge in [-0.25, -0.2) is 0 Å². The Balaban J connectivity index is 2.15. The molecule has 0 fully saturated rings. The van der Waals surface area contributed by atoms with E-state index in [-0.39, 0.29) is 11.9 Å². The van der Waals surface area contributed by atoms with Crippen molar-refractivity contribution < 1.29 is 13.9 Å². The minimum atomic E-state index is -0.260. The molecule has 106 valence electrons. The Labute approximate surface area is 122 Å². The average molecular weight is 294 g/mol. The highest BCUT2D eigenvalue weighted by atomic mass is 35.5. The molecule has 2 aromatic rings. The third-order valence-corrected chi connectivity index (χ3v) is 3.23. The Morgan fingerprint density at radius 2 is 2.05 bits per heavy atom. The van der Waals surface area contributed by atoms with Crippen molar-refractivity contribution in [2.24, 2.45) is 0 Å². The molecule has 4 nitrogen and oxygen atoms in total. The van der Waals surface area contributed by atoms with Crippen LogP contribution < -0.4 is 5.32 Å². The number of halogens is 1. The van der Waals surface area contributed by atoms with Crippen molar-refractivity contribution in [2.75, 3.05) is 13.7 Å². The molecule has 1 aromatic heterocycles. The van der Waals surface area contributed by atoms with Gasteiger partial charge in [0.2, 0.25) is 0 Å². The average Bonchev–Trinajstić information content (AvgIpc) is 2.85. The van der Waals surface area contributed by atoms with Gasteiger partial charge in [-0.2, -0.15) is 0 Å². The van der Waals surface area contributed by atoms with Gasteiger partial charge in [-0.3, -0.25) is 4.79 Å². The maximum absolute atomic E-state index is 12.2. The van der Waals surface area contributed by atoms with Gasteiger partial charge in [0.1, 0.15) is 0 Å². The number of ether oxygens (including phenoxy) is 1. The number of methoxy groups -OCH3 is 1. The molecule has 0 radical (unpaired) electrons. The fraction of sp³-hybridized carbons (Fsp3) is 0.267. The first kappa shape index (κ1) is 14.6. The highest BCUT2D eigenvalue weighted by molar-refractivity contribution is 6.30. The molecule has 0 aliphatic heterocycles.